The maximum atomic E-state index is 12.3. The number of ether oxygens (including phenoxy) is 2. The summed E-state index contributed by atoms with van der Waals surface area (Å²) >= 11 is 0. The molecule has 130 valence electrons. The maximum Gasteiger partial charge on any atom is 0.256 e. The first-order valence-electron chi connectivity index (χ1n) is 6.97. The highest BCUT2D eigenvalue weighted by Gasteiger charge is 2.15. The first-order chi connectivity index (χ1) is 11.9. The molecule has 2 aromatic carbocycles. The van der Waals surface area contributed by atoms with Gasteiger partial charge in [0.1, 0.15) is 0 Å². The van der Waals surface area contributed by atoms with Crippen molar-refractivity contribution in [2.24, 2.45) is 0 Å². The summed E-state index contributed by atoms with van der Waals surface area (Å²) in [5, 5.41) is 24.5. The number of aromatic carboxylic acids is 2. The summed E-state index contributed by atoms with van der Waals surface area (Å²) in [6.07, 6.45) is 0. The SMILES string of the molecule is COc1ccc(NC(=O)c2ccc(C(=O)[O-])cc2C(=O)[O-])cc1OC. The first-order valence-corrected chi connectivity index (χ1v) is 6.97. The van der Waals surface area contributed by atoms with Crippen LogP contribution in [0.1, 0.15) is 31.1 Å². The normalized spacial score (nSPS) is 10.0. The minimum atomic E-state index is -1.68. The average Bonchev–Trinajstić information content (AvgIpc) is 2.60. The molecule has 0 unspecified atom stereocenters. The van der Waals surface area contributed by atoms with E-state index in [0.717, 1.165) is 18.2 Å². The number of carbonyl (C=O) groups excluding carboxylic acids is 3. The Morgan fingerprint density at radius 2 is 1.52 bits per heavy atom. The van der Waals surface area contributed by atoms with Crippen LogP contribution in [0, 0.1) is 0 Å². The van der Waals surface area contributed by atoms with Gasteiger partial charge in [-0.3, -0.25) is 4.79 Å². The Morgan fingerprint density at radius 1 is 0.840 bits per heavy atom. The standard InChI is InChI=1S/C17H15NO7/c1-24-13-6-4-10(8-14(13)25-2)18-15(19)11-5-3-9(16(20)21)7-12(11)17(22)23/h3-8H,1-2H3,(H,18,19)(H,20,21)(H,22,23)/p-2. The van der Waals surface area contributed by atoms with Gasteiger partial charge in [0.25, 0.3) is 5.91 Å². The molecule has 0 aliphatic carbocycles. The summed E-state index contributed by atoms with van der Waals surface area (Å²) in [5.74, 6) is -3.17. The Bertz CT molecular complexity index is 845. The number of carboxylic acids is 2. The molecule has 0 aliphatic rings. The van der Waals surface area contributed by atoms with Crippen molar-refractivity contribution >= 4 is 23.5 Å². The van der Waals surface area contributed by atoms with Gasteiger partial charge >= 0.3 is 0 Å². The summed E-state index contributed by atoms with van der Waals surface area (Å²) < 4.78 is 10.2. The number of nitrogens with one attached hydrogen (secondary N) is 1. The summed E-state index contributed by atoms with van der Waals surface area (Å²) in [6, 6.07) is 7.55. The Balaban J connectivity index is 2.35. The van der Waals surface area contributed by atoms with Crippen molar-refractivity contribution < 1.29 is 34.1 Å². The lowest BCUT2D eigenvalue weighted by atomic mass is 10.0. The third-order valence-corrected chi connectivity index (χ3v) is 3.36. The zero-order valence-corrected chi connectivity index (χ0v) is 13.3. The smallest absolute Gasteiger partial charge is 0.256 e. The van der Waals surface area contributed by atoms with Crippen molar-refractivity contribution in [3.05, 3.63) is 53.1 Å². The van der Waals surface area contributed by atoms with Crippen LogP contribution < -0.4 is 25.0 Å². The Morgan fingerprint density at radius 3 is 2.08 bits per heavy atom. The van der Waals surface area contributed by atoms with E-state index in [1.807, 2.05) is 0 Å². The van der Waals surface area contributed by atoms with Crippen molar-refractivity contribution in [3.8, 4) is 11.5 Å². The number of rotatable bonds is 6. The zero-order valence-electron chi connectivity index (χ0n) is 13.3. The lowest BCUT2D eigenvalue weighted by Gasteiger charge is -2.14. The van der Waals surface area contributed by atoms with Crippen LogP contribution in [-0.4, -0.2) is 32.1 Å². The molecular weight excluding hydrogens is 330 g/mol. The van der Waals surface area contributed by atoms with Gasteiger partial charge in [0.15, 0.2) is 11.5 Å². The number of benzene rings is 2. The van der Waals surface area contributed by atoms with E-state index >= 15 is 0 Å². The third-order valence-electron chi connectivity index (χ3n) is 3.36. The highest BCUT2D eigenvalue weighted by atomic mass is 16.5. The number of carboxylic acid groups (broad SMARTS) is 2. The van der Waals surface area contributed by atoms with Gasteiger partial charge in [0.2, 0.25) is 0 Å². The number of hydrogen-bond donors (Lipinski definition) is 1. The Labute approximate surface area is 142 Å². The number of amides is 1. The fraction of sp³-hybridized carbons (Fsp3) is 0.118. The number of hydrogen-bond acceptors (Lipinski definition) is 7. The first kappa shape index (κ1) is 17.8. The lowest BCUT2D eigenvalue weighted by molar-refractivity contribution is -0.255. The molecule has 0 radical (unpaired) electrons. The summed E-state index contributed by atoms with van der Waals surface area (Å²) in [5.41, 5.74) is -0.850. The molecule has 2 rings (SSSR count). The van der Waals surface area contributed by atoms with E-state index in [9.17, 15) is 24.6 Å². The van der Waals surface area contributed by atoms with E-state index in [2.05, 4.69) is 5.32 Å². The van der Waals surface area contributed by atoms with Gasteiger partial charge in [-0.2, -0.15) is 0 Å². The van der Waals surface area contributed by atoms with Crippen molar-refractivity contribution in [1.29, 1.82) is 0 Å². The molecule has 0 aromatic heterocycles. The highest BCUT2D eigenvalue weighted by Crippen LogP contribution is 2.30. The number of methoxy groups -OCH3 is 2. The molecule has 1 N–H and O–H groups in total. The minimum Gasteiger partial charge on any atom is -0.545 e. The molecule has 25 heavy (non-hydrogen) atoms. The maximum absolute atomic E-state index is 12.3. The number of anilines is 1. The van der Waals surface area contributed by atoms with E-state index in [1.165, 1.54) is 26.4 Å². The predicted octanol–water partition coefficient (Wildman–Crippen LogP) is -0.317. The van der Waals surface area contributed by atoms with E-state index < -0.39 is 23.4 Å². The highest BCUT2D eigenvalue weighted by molar-refractivity contribution is 6.11. The topological polar surface area (TPSA) is 128 Å². The minimum absolute atomic E-state index is 0.250. The second kappa shape index (κ2) is 7.35. The van der Waals surface area contributed by atoms with Crippen molar-refractivity contribution in [1.82, 2.24) is 0 Å². The van der Waals surface area contributed by atoms with Crippen LogP contribution in [0.2, 0.25) is 0 Å². The van der Waals surface area contributed by atoms with Crippen LogP contribution in [-0.2, 0) is 0 Å². The predicted molar refractivity (Wildman–Crippen MR) is 82.6 cm³/mol. The molecular formula is C17H13NO7-2. The quantitative estimate of drug-likeness (QED) is 0.761. The van der Waals surface area contributed by atoms with Crippen LogP contribution in [0.15, 0.2) is 36.4 Å². The van der Waals surface area contributed by atoms with Gasteiger partial charge in [-0.05, 0) is 29.8 Å². The van der Waals surface area contributed by atoms with Crippen molar-refractivity contribution in [3.63, 3.8) is 0 Å². The van der Waals surface area contributed by atoms with Crippen LogP contribution in [0.4, 0.5) is 5.69 Å². The molecule has 0 aliphatic heterocycles. The largest absolute Gasteiger partial charge is 0.545 e. The van der Waals surface area contributed by atoms with Gasteiger partial charge in [-0.1, -0.05) is 6.07 Å². The van der Waals surface area contributed by atoms with E-state index in [0.29, 0.717) is 17.2 Å². The molecule has 0 atom stereocenters. The van der Waals surface area contributed by atoms with Gasteiger partial charge in [0, 0.05) is 22.9 Å². The third kappa shape index (κ3) is 3.86. The second-order valence-corrected chi connectivity index (χ2v) is 4.86. The molecule has 8 heteroatoms. The fourth-order valence-corrected chi connectivity index (χ4v) is 2.15. The zero-order chi connectivity index (χ0) is 18.6. The molecule has 0 saturated heterocycles. The second-order valence-electron chi connectivity index (χ2n) is 4.86. The van der Waals surface area contributed by atoms with E-state index in [4.69, 9.17) is 9.47 Å². The molecule has 0 spiro atoms. The fourth-order valence-electron chi connectivity index (χ4n) is 2.15. The Kier molecular flexibility index (Phi) is 5.23. The van der Waals surface area contributed by atoms with Gasteiger partial charge < -0.3 is 34.6 Å². The van der Waals surface area contributed by atoms with Crippen molar-refractivity contribution in [2.75, 3.05) is 19.5 Å². The van der Waals surface area contributed by atoms with Crippen LogP contribution in [0.25, 0.3) is 0 Å². The van der Waals surface area contributed by atoms with Gasteiger partial charge in [-0.25, -0.2) is 0 Å². The molecule has 0 fully saturated rings. The lowest BCUT2D eigenvalue weighted by Crippen LogP contribution is -2.28. The van der Waals surface area contributed by atoms with E-state index in [1.54, 1.807) is 6.07 Å². The summed E-state index contributed by atoms with van der Waals surface area (Å²) in [7, 11) is 2.89. The number of carbonyl (C=O) groups is 3. The average molecular weight is 343 g/mol. The molecule has 1 amide bonds. The summed E-state index contributed by atoms with van der Waals surface area (Å²) in [6.45, 7) is 0. The monoisotopic (exact) mass is 343 g/mol. The molecule has 0 saturated carbocycles. The Hall–Kier alpha value is -3.55. The van der Waals surface area contributed by atoms with Crippen LogP contribution in [0.5, 0.6) is 11.5 Å². The summed E-state index contributed by atoms with van der Waals surface area (Å²) in [4.78, 5) is 34.4. The molecule has 0 bridgehead atoms. The molecule has 2 aromatic rings. The molecule has 0 heterocycles. The van der Waals surface area contributed by atoms with Crippen molar-refractivity contribution in [2.45, 2.75) is 0 Å². The van der Waals surface area contributed by atoms with Crippen LogP contribution >= 0.6 is 0 Å². The van der Waals surface area contributed by atoms with E-state index in [-0.39, 0.29) is 11.1 Å². The van der Waals surface area contributed by atoms with Crippen LogP contribution in [0.3, 0.4) is 0 Å². The van der Waals surface area contributed by atoms with Gasteiger partial charge in [0.05, 0.1) is 26.2 Å². The molecule has 8 nitrogen and oxygen atoms in total. The van der Waals surface area contributed by atoms with Gasteiger partial charge in [-0.15, -0.1) is 0 Å².